The molecule has 1 rings (SSSR count). The SMILES string of the molecule is COc1ccc(/C=N/O)c(Cl)c1. The second-order valence-corrected chi connectivity index (χ2v) is 2.54. The van der Waals surface area contributed by atoms with Gasteiger partial charge in [0, 0.05) is 5.56 Å². The first kappa shape index (κ1) is 8.87. The summed E-state index contributed by atoms with van der Waals surface area (Å²) in [7, 11) is 1.56. The molecule has 0 aromatic heterocycles. The lowest BCUT2D eigenvalue weighted by molar-refractivity contribution is 0.322. The Morgan fingerprint density at radius 2 is 2.33 bits per heavy atom. The zero-order valence-electron chi connectivity index (χ0n) is 6.49. The Kier molecular flexibility index (Phi) is 2.94. The van der Waals surface area contributed by atoms with E-state index < -0.39 is 0 Å². The maximum absolute atomic E-state index is 8.25. The summed E-state index contributed by atoms with van der Waals surface area (Å²) < 4.78 is 4.94. The molecule has 0 amide bonds. The fourth-order valence-corrected chi connectivity index (χ4v) is 1.02. The van der Waals surface area contributed by atoms with Crippen LogP contribution in [0.15, 0.2) is 23.4 Å². The molecular formula is C8H8ClNO2. The van der Waals surface area contributed by atoms with Crippen molar-refractivity contribution < 1.29 is 9.94 Å². The Morgan fingerprint density at radius 1 is 1.58 bits per heavy atom. The van der Waals surface area contributed by atoms with E-state index in [0.717, 1.165) is 0 Å². The topological polar surface area (TPSA) is 41.8 Å². The van der Waals surface area contributed by atoms with Gasteiger partial charge in [-0.05, 0) is 18.2 Å². The van der Waals surface area contributed by atoms with Crippen LogP contribution in [0.3, 0.4) is 0 Å². The molecule has 0 spiro atoms. The van der Waals surface area contributed by atoms with Crippen molar-refractivity contribution in [1.82, 2.24) is 0 Å². The summed E-state index contributed by atoms with van der Waals surface area (Å²) in [6, 6.07) is 5.10. The minimum atomic E-state index is 0.493. The monoisotopic (exact) mass is 185 g/mol. The van der Waals surface area contributed by atoms with Gasteiger partial charge in [0.2, 0.25) is 0 Å². The number of methoxy groups -OCH3 is 1. The van der Waals surface area contributed by atoms with Gasteiger partial charge in [-0.2, -0.15) is 0 Å². The van der Waals surface area contributed by atoms with Gasteiger partial charge in [-0.1, -0.05) is 16.8 Å². The quantitative estimate of drug-likeness (QED) is 0.436. The number of hydrogen-bond donors (Lipinski definition) is 1. The van der Waals surface area contributed by atoms with Gasteiger partial charge in [0.25, 0.3) is 0 Å². The Bertz CT molecular complexity index is 299. The highest BCUT2D eigenvalue weighted by Gasteiger charge is 1.98. The standard InChI is InChI=1S/C8H8ClNO2/c1-12-7-3-2-6(5-10-11)8(9)4-7/h2-5,11H,1H3/b10-5+. The molecular weight excluding hydrogens is 178 g/mol. The molecule has 1 aromatic carbocycles. The van der Waals surface area contributed by atoms with Crippen molar-refractivity contribution in [2.45, 2.75) is 0 Å². The smallest absolute Gasteiger partial charge is 0.120 e. The van der Waals surface area contributed by atoms with Crippen LogP contribution in [0, 0.1) is 0 Å². The summed E-state index contributed by atoms with van der Waals surface area (Å²) in [4.78, 5) is 0. The normalized spacial score (nSPS) is 10.5. The fraction of sp³-hybridized carbons (Fsp3) is 0.125. The van der Waals surface area contributed by atoms with Crippen LogP contribution in [0.2, 0.25) is 5.02 Å². The van der Waals surface area contributed by atoms with Crippen molar-refractivity contribution in [2.75, 3.05) is 7.11 Å². The molecule has 4 heteroatoms. The van der Waals surface area contributed by atoms with Crippen LogP contribution in [0.1, 0.15) is 5.56 Å². The predicted molar refractivity (Wildman–Crippen MR) is 47.4 cm³/mol. The van der Waals surface area contributed by atoms with Gasteiger partial charge in [-0.3, -0.25) is 0 Å². The van der Waals surface area contributed by atoms with E-state index in [1.54, 1.807) is 25.3 Å². The van der Waals surface area contributed by atoms with Crippen LogP contribution < -0.4 is 4.74 Å². The van der Waals surface area contributed by atoms with Crippen molar-refractivity contribution in [2.24, 2.45) is 5.16 Å². The van der Waals surface area contributed by atoms with Crippen molar-refractivity contribution >= 4 is 17.8 Å². The summed E-state index contributed by atoms with van der Waals surface area (Å²) in [6.45, 7) is 0. The lowest BCUT2D eigenvalue weighted by atomic mass is 10.2. The molecule has 3 nitrogen and oxygen atoms in total. The number of nitrogens with zero attached hydrogens (tertiary/aromatic N) is 1. The fourth-order valence-electron chi connectivity index (χ4n) is 0.802. The predicted octanol–water partition coefficient (Wildman–Crippen LogP) is 2.16. The van der Waals surface area contributed by atoms with Crippen molar-refractivity contribution in [3.05, 3.63) is 28.8 Å². The third-order valence-corrected chi connectivity index (χ3v) is 1.73. The maximum atomic E-state index is 8.25. The first-order valence-corrected chi connectivity index (χ1v) is 3.66. The largest absolute Gasteiger partial charge is 0.497 e. The van der Waals surface area contributed by atoms with Crippen molar-refractivity contribution in [3.63, 3.8) is 0 Å². The Morgan fingerprint density at radius 3 is 2.83 bits per heavy atom. The zero-order valence-corrected chi connectivity index (χ0v) is 7.25. The van der Waals surface area contributed by atoms with Crippen molar-refractivity contribution in [1.29, 1.82) is 0 Å². The Balaban J connectivity index is 3.03. The first-order valence-electron chi connectivity index (χ1n) is 3.29. The molecule has 0 radical (unpaired) electrons. The highest BCUT2D eigenvalue weighted by molar-refractivity contribution is 6.33. The van der Waals surface area contributed by atoms with Crippen LogP contribution in [-0.2, 0) is 0 Å². The van der Waals surface area contributed by atoms with Crippen LogP contribution in [0.25, 0.3) is 0 Å². The number of halogens is 1. The molecule has 0 saturated heterocycles. The van der Waals surface area contributed by atoms with Crippen LogP contribution in [-0.4, -0.2) is 18.5 Å². The molecule has 0 aliphatic heterocycles. The van der Waals surface area contributed by atoms with E-state index >= 15 is 0 Å². The first-order chi connectivity index (χ1) is 5.77. The highest BCUT2D eigenvalue weighted by Crippen LogP contribution is 2.20. The minimum absolute atomic E-state index is 0.493. The molecule has 0 aliphatic rings. The lowest BCUT2D eigenvalue weighted by Gasteiger charge is -2.01. The summed E-state index contributed by atoms with van der Waals surface area (Å²) in [6.07, 6.45) is 1.27. The molecule has 64 valence electrons. The van der Waals surface area contributed by atoms with E-state index in [4.69, 9.17) is 21.5 Å². The molecule has 1 N–H and O–H groups in total. The lowest BCUT2D eigenvalue weighted by Crippen LogP contribution is -1.86. The van der Waals surface area contributed by atoms with E-state index in [1.165, 1.54) is 6.21 Å². The molecule has 0 aliphatic carbocycles. The average molecular weight is 186 g/mol. The van der Waals surface area contributed by atoms with Crippen LogP contribution >= 0.6 is 11.6 Å². The van der Waals surface area contributed by atoms with Crippen molar-refractivity contribution in [3.8, 4) is 5.75 Å². The van der Waals surface area contributed by atoms with E-state index in [0.29, 0.717) is 16.3 Å². The van der Waals surface area contributed by atoms with E-state index in [-0.39, 0.29) is 0 Å². The highest BCUT2D eigenvalue weighted by atomic mass is 35.5. The van der Waals surface area contributed by atoms with Gasteiger partial charge in [-0.15, -0.1) is 0 Å². The summed E-state index contributed by atoms with van der Waals surface area (Å²) in [5.74, 6) is 0.676. The number of rotatable bonds is 2. The average Bonchev–Trinajstić information content (AvgIpc) is 2.09. The second kappa shape index (κ2) is 3.97. The second-order valence-electron chi connectivity index (χ2n) is 2.13. The number of ether oxygens (including phenoxy) is 1. The summed E-state index contributed by atoms with van der Waals surface area (Å²) >= 11 is 5.80. The van der Waals surface area contributed by atoms with E-state index in [9.17, 15) is 0 Å². The van der Waals surface area contributed by atoms with Crippen LogP contribution in [0.4, 0.5) is 0 Å². The molecule has 0 atom stereocenters. The molecule has 0 heterocycles. The zero-order chi connectivity index (χ0) is 8.97. The Labute approximate surface area is 75.2 Å². The molecule has 0 unspecified atom stereocenters. The molecule has 0 saturated carbocycles. The third-order valence-electron chi connectivity index (χ3n) is 1.40. The summed E-state index contributed by atoms with van der Waals surface area (Å²) in [5.41, 5.74) is 0.653. The van der Waals surface area contributed by atoms with Gasteiger partial charge < -0.3 is 9.94 Å². The van der Waals surface area contributed by atoms with Gasteiger partial charge in [0.1, 0.15) is 5.75 Å². The summed E-state index contributed by atoms with van der Waals surface area (Å²) in [5, 5.41) is 11.6. The Hall–Kier alpha value is -1.22. The van der Waals surface area contributed by atoms with Gasteiger partial charge in [0.15, 0.2) is 0 Å². The van der Waals surface area contributed by atoms with E-state index in [2.05, 4.69) is 5.16 Å². The van der Waals surface area contributed by atoms with Crippen LogP contribution in [0.5, 0.6) is 5.75 Å². The number of oxime groups is 1. The molecule has 1 aromatic rings. The van der Waals surface area contributed by atoms with E-state index in [1.807, 2.05) is 0 Å². The molecule has 0 fully saturated rings. The molecule has 0 bridgehead atoms. The number of hydrogen-bond acceptors (Lipinski definition) is 3. The minimum Gasteiger partial charge on any atom is -0.497 e. The number of benzene rings is 1. The van der Waals surface area contributed by atoms with Gasteiger partial charge in [0.05, 0.1) is 18.3 Å². The maximum Gasteiger partial charge on any atom is 0.120 e. The van der Waals surface area contributed by atoms with Gasteiger partial charge >= 0.3 is 0 Å². The molecule has 12 heavy (non-hydrogen) atoms. The third kappa shape index (κ3) is 1.89. The van der Waals surface area contributed by atoms with Gasteiger partial charge in [-0.25, -0.2) is 0 Å².